The highest BCUT2D eigenvalue weighted by molar-refractivity contribution is 5.77. The average molecular weight is 200 g/mol. The number of carbonyl (C=O) groups excluding carboxylic acids is 2. The van der Waals surface area contributed by atoms with Crippen LogP contribution in [-0.2, 0) is 9.59 Å². The van der Waals surface area contributed by atoms with Crippen LogP contribution in [0.15, 0.2) is 0 Å². The van der Waals surface area contributed by atoms with Crippen LogP contribution in [0.3, 0.4) is 0 Å². The molecule has 0 saturated carbocycles. The second kappa shape index (κ2) is 5.62. The highest BCUT2D eigenvalue weighted by Gasteiger charge is 2.11. The molecule has 4 heteroatoms. The van der Waals surface area contributed by atoms with Crippen LogP contribution in [0.5, 0.6) is 0 Å². The first kappa shape index (κ1) is 12.9. The lowest BCUT2D eigenvalue weighted by Crippen LogP contribution is -2.34. The number of hydrogen-bond acceptors (Lipinski definition) is 2. The van der Waals surface area contributed by atoms with Crippen LogP contribution in [0.4, 0.5) is 0 Å². The molecule has 0 aliphatic carbocycles. The lowest BCUT2D eigenvalue weighted by molar-refractivity contribution is -0.121. The van der Waals surface area contributed by atoms with E-state index >= 15 is 0 Å². The Hall–Kier alpha value is -1.06. The summed E-state index contributed by atoms with van der Waals surface area (Å²) in [6.45, 7) is 8.67. The summed E-state index contributed by atoms with van der Waals surface area (Å²) >= 11 is 0. The van der Waals surface area contributed by atoms with Crippen molar-refractivity contribution in [3.05, 3.63) is 0 Å². The number of hydrogen-bond donors (Lipinski definition) is 2. The molecule has 0 aliphatic rings. The molecule has 14 heavy (non-hydrogen) atoms. The molecule has 0 aromatic carbocycles. The second-order valence-corrected chi connectivity index (χ2v) is 4.57. The van der Waals surface area contributed by atoms with Crippen molar-refractivity contribution in [2.24, 2.45) is 5.41 Å². The monoisotopic (exact) mass is 200 g/mol. The Labute approximate surface area is 85.4 Å². The smallest absolute Gasteiger partial charge is 0.221 e. The van der Waals surface area contributed by atoms with Gasteiger partial charge in [0.25, 0.3) is 0 Å². The highest BCUT2D eigenvalue weighted by Crippen LogP contribution is 2.09. The molecule has 0 aromatic rings. The molecule has 4 nitrogen and oxygen atoms in total. The Morgan fingerprint density at radius 1 is 1.14 bits per heavy atom. The molecule has 0 radical (unpaired) electrons. The predicted molar refractivity (Wildman–Crippen MR) is 55.8 cm³/mol. The summed E-state index contributed by atoms with van der Waals surface area (Å²) in [6, 6.07) is 0. The summed E-state index contributed by atoms with van der Waals surface area (Å²) in [5.41, 5.74) is 0.101. The van der Waals surface area contributed by atoms with Crippen LogP contribution < -0.4 is 10.6 Å². The van der Waals surface area contributed by atoms with E-state index in [0.717, 1.165) is 0 Å². The van der Waals surface area contributed by atoms with Gasteiger partial charge in [-0.2, -0.15) is 0 Å². The van der Waals surface area contributed by atoms with E-state index in [4.69, 9.17) is 0 Å². The molecule has 0 heterocycles. The van der Waals surface area contributed by atoms with E-state index in [9.17, 15) is 9.59 Å². The maximum Gasteiger partial charge on any atom is 0.221 e. The lowest BCUT2D eigenvalue weighted by Gasteiger charge is -2.18. The minimum absolute atomic E-state index is 0.0197. The maximum atomic E-state index is 11.2. The fourth-order valence-corrected chi connectivity index (χ4v) is 0.804. The van der Waals surface area contributed by atoms with Crippen molar-refractivity contribution in [1.29, 1.82) is 0 Å². The number of rotatable bonds is 4. The third-order valence-electron chi connectivity index (χ3n) is 1.54. The van der Waals surface area contributed by atoms with Gasteiger partial charge in [0, 0.05) is 26.4 Å². The van der Waals surface area contributed by atoms with Gasteiger partial charge in [0.2, 0.25) is 11.8 Å². The third-order valence-corrected chi connectivity index (χ3v) is 1.54. The van der Waals surface area contributed by atoms with Crippen LogP contribution >= 0.6 is 0 Å². The fraction of sp³-hybridized carbons (Fsp3) is 0.800. The number of nitrogens with one attached hydrogen (secondary N) is 2. The second-order valence-electron chi connectivity index (χ2n) is 4.57. The Morgan fingerprint density at radius 2 is 1.71 bits per heavy atom. The molecule has 0 aromatic heterocycles. The van der Waals surface area contributed by atoms with Crippen molar-refractivity contribution < 1.29 is 9.59 Å². The van der Waals surface area contributed by atoms with Gasteiger partial charge in [-0.15, -0.1) is 0 Å². The van der Waals surface area contributed by atoms with Crippen LogP contribution in [0, 0.1) is 5.41 Å². The first-order chi connectivity index (χ1) is 6.31. The minimum Gasteiger partial charge on any atom is -0.356 e. The number of carbonyl (C=O) groups is 2. The Bertz CT molecular complexity index is 207. The zero-order chi connectivity index (χ0) is 11.2. The van der Waals surface area contributed by atoms with Gasteiger partial charge in [-0.1, -0.05) is 20.8 Å². The van der Waals surface area contributed by atoms with Crippen LogP contribution in [0.1, 0.15) is 34.1 Å². The first-order valence-corrected chi connectivity index (χ1v) is 4.82. The molecular weight excluding hydrogens is 180 g/mol. The summed E-state index contributed by atoms with van der Waals surface area (Å²) in [6.07, 6.45) is 0.343. The van der Waals surface area contributed by atoms with Crippen molar-refractivity contribution >= 4 is 11.8 Å². The molecule has 2 N–H and O–H groups in total. The summed E-state index contributed by atoms with van der Waals surface area (Å²) < 4.78 is 0. The highest BCUT2D eigenvalue weighted by atomic mass is 16.2. The van der Waals surface area contributed by atoms with Gasteiger partial charge in [0.1, 0.15) is 0 Å². The van der Waals surface area contributed by atoms with Crippen LogP contribution in [0.2, 0.25) is 0 Å². The van der Waals surface area contributed by atoms with Gasteiger partial charge < -0.3 is 10.6 Å². The first-order valence-electron chi connectivity index (χ1n) is 4.82. The van der Waals surface area contributed by atoms with E-state index in [-0.39, 0.29) is 17.2 Å². The van der Waals surface area contributed by atoms with Gasteiger partial charge in [-0.25, -0.2) is 0 Å². The lowest BCUT2D eigenvalue weighted by atomic mass is 9.97. The molecule has 0 rings (SSSR count). The molecule has 0 bridgehead atoms. The molecule has 0 fully saturated rings. The van der Waals surface area contributed by atoms with Crippen LogP contribution in [-0.4, -0.2) is 24.9 Å². The third kappa shape index (κ3) is 9.03. The molecule has 0 saturated heterocycles. The topological polar surface area (TPSA) is 58.2 Å². The zero-order valence-corrected chi connectivity index (χ0v) is 9.44. The fourth-order valence-electron chi connectivity index (χ4n) is 0.804. The van der Waals surface area contributed by atoms with E-state index in [1.807, 2.05) is 0 Å². The van der Waals surface area contributed by atoms with Crippen molar-refractivity contribution in [3.8, 4) is 0 Å². The standard InChI is InChI=1S/C10H20N2O2/c1-8(13)11-6-5-9(14)12-7-10(2,3)4/h5-7H2,1-4H3,(H,11,13)(H,12,14). The summed E-state index contributed by atoms with van der Waals surface area (Å²) in [4.78, 5) is 21.7. The van der Waals surface area contributed by atoms with Crippen molar-refractivity contribution in [2.45, 2.75) is 34.1 Å². The molecule has 82 valence electrons. The predicted octanol–water partition coefficient (Wildman–Crippen LogP) is 0.675. The largest absolute Gasteiger partial charge is 0.356 e. The van der Waals surface area contributed by atoms with E-state index in [1.54, 1.807) is 0 Å². The van der Waals surface area contributed by atoms with Gasteiger partial charge >= 0.3 is 0 Å². The van der Waals surface area contributed by atoms with Gasteiger partial charge in [0.05, 0.1) is 0 Å². The Morgan fingerprint density at radius 3 is 2.14 bits per heavy atom. The Kier molecular flexibility index (Phi) is 5.20. The van der Waals surface area contributed by atoms with E-state index in [1.165, 1.54) is 6.92 Å². The van der Waals surface area contributed by atoms with Gasteiger partial charge in [-0.05, 0) is 5.41 Å². The summed E-state index contributed by atoms with van der Waals surface area (Å²) in [7, 11) is 0. The van der Waals surface area contributed by atoms with Crippen LogP contribution in [0.25, 0.3) is 0 Å². The zero-order valence-electron chi connectivity index (χ0n) is 9.44. The summed E-state index contributed by atoms with van der Waals surface area (Å²) in [5, 5.41) is 5.38. The van der Waals surface area contributed by atoms with Gasteiger partial charge in [-0.3, -0.25) is 9.59 Å². The minimum atomic E-state index is -0.103. The van der Waals surface area contributed by atoms with E-state index < -0.39 is 0 Å². The van der Waals surface area contributed by atoms with E-state index in [2.05, 4.69) is 31.4 Å². The Balaban J connectivity index is 3.52. The quantitative estimate of drug-likeness (QED) is 0.701. The number of amides is 2. The SMILES string of the molecule is CC(=O)NCCC(=O)NCC(C)(C)C. The molecule has 0 unspecified atom stereocenters. The van der Waals surface area contributed by atoms with Crippen molar-refractivity contribution in [3.63, 3.8) is 0 Å². The molecule has 0 atom stereocenters. The molecule has 2 amide bonds. The molecule has 0 spiro atoms. The average Bonchev–Trinajstić information content (AvgIpc) is 1.99. The van der Waals surface area contributed by atoms with E-state index in [0.29, 0.717) is 19.5 Å². The maximum absolute atomic E-state index is 11.2. The van der Waals surface area contributed by atoms with Crippen molar-refractivity contribution in [1.82, 2.24) is 10.6 Å². The normalized spacial score (nSPS) is 10.9. The molecular formula is C10H20N2O2. The molecule has 0 aliphatic heterocycles. The van der Waals surface area contributed by atoms with Gasteiger partial charge in [0.15, 0.2) is 0 Å². The van der Waals surface area contributed by atoms with Crippen molar-refractivity contribution in [2.75, 3.05) is 13.1 Å². The summed E-state index contributed by atoms with van der Waals surface area (Å²) in [5.74, 6) is -0.123.